The van der Waals surface area contributed by atoms with Gasteiger partial charge in [0.25, 0.3) is 10.1 Å². The molecule has 2 aromatic rings. The lowest BCUT2D eigenvalue weighted by atomic mass is 9.56. The lowest BCUT2D eigenvalue weighted by Gasteiger charge is -2.48. The molecule has 3 rings (SSSR count). The molecule has 11 nitrogen and oxygen atoms in total. The molecule has 2 aromatic carbocycles. The molecule has 0 spiro atoms. The zero-order valence-corrected chi connectivity index (χ0v) is 29.9. The highest BCUT2D eigenvalue weighted by Gasteiger charge is 2.55. The van der Waals surface area contributed by atoms with Crippen molar-refractivity contribution in [2.75, 3.05) is 20.1 Å². The van der Waals surface area contributed by atoms with Crippen molar-refractivity contribution in [2.24, 2.45) is 34.4 Å². The molecular formula is C36H54N4O7S. The van der Waals surface area contributed by atoms with E-state index in [1.54, 1.807) is 12.1 Å². The van der Waals surface area contributed by atoms with Gasteiger partial charge in [-0.1, -0.05) is 94.3 Å². The molecule has 266 valence electrons. The summed E-state index contributed by atoms with van der Waals surface area (Å²) in [4.78, 5) is 43.5. The predicted octanol–water partition coefficient (Wildman–Crippen LogP) is 5.19. The number of carbonyl (C=O) groups is 3. The van der Waals surface area contributed by atoms with Gasteiger partial charge in [-0.15, -0.1) is 0 Å². The van der Waals surface area contributed by atoms with E-state index >= 15 is 0 Å². The molecule has 12 heteroatoms. The van der Waals surface area contributed by atoms with Crippen LogP contribution in [0.15, 0.2) is 65.6 Å². The lowest BCUT2D eigenvalue weighted by Crippen LogP contribution is -2.57. The smallest absolute Gasteiger partial charge is 0.294 e. The van der Waals surface area contributed by atoms with E-state index in [0.717, 1.165) is 24.2 Å². The van der Waals surface area contributed by atoms with Crippen molar-refractivity contribution in [1.29, 1.82) is 0 Å². The van der Waals surface area contributed by atoms with Gasteiger partial charge in [-0.25, -0.2) is 11.3 Å². The summed E-state index contributed by atoms with van der Waals surface area (Å²) < 4.78 is 29.6. The second-order valence-corrected chi connectivity index (χ2v) is 15.0. The molecule has 0 bridgehead atoms. The van der Waals surface area contributed by atoms with Crippen molar-refractivity contribution in [3.8, 4) is 0 Å². The van der Waals surface area contributed by atoms with Gasteiger partial charge in [0.2, 0.25) is 11.8 Å². The molecule has 2 amide bonds. The molecule has 0 saturated carbocycles. The first kappa shape index (κ1) is 40.8. The number of allylic oxidation sites excluding steroid dienone is 1. The van der Waals surface area contributed by atoms with Gasteiger partial charge < -0.3 is 4.90 Å². The van der Waals surface area contributed by atoms with Gasteiger partial charge >= 0.3 is 0 Å². The quantitative estimate of drug-likeness (QED) is 0.0446. The Kier molecular flexibility index (Phi) is 15.6. The van der Waals surface area contributed by atoms with Crippen LogP contribution in [0.1, 0.15) is 77.3 Å². The second kappa shape index (κ2) is 18.4. The normalized spacial score (nSPS) is 17.5. The van der Waals surface area contributed by atoms with Crippen molar-refractivity contribution >= 4 is 33.8 Å². The number of hydroxylamine groups is 1. The zero-order chi connectivity index (χ0) is 36.1. The van der Waals surface area contributed by atoms with Crippen LogP contribution in [0, 0.1) is 35.5 Å². The largest absolute Gasteiger partial charge is 0.306 e. The fraction of sp³-hybridized carbons (Fsp3) is 0.528. The van der Waals surface area contributed by atoms with Crippen LogP contribution in [0.5, 0.6) is 0 Å². The molecular weight excluding hydrogens is 632 g/mol. The van der Waals surface area contributed by atoms with Crippen LogP contribution < -0.4 is 16.7 Å². The molecule has 0 aromatic heterocycles. The van der Waals surface area contributed by atoms with E-state index in [-0.39, 0.29) is 23.0 Å². The average Bonchev–Trinajstić information content (AvgIpc) is 3.05. The Morgan fingerprint density at radius 2 is 1.65 bits per heavy atom. The number of hydrogen-bond acceptors (Lipinski definition) is 8. The number of piperidine rings is 1. The maximum absolute atomic E-state index is 14.8. The van der Waals surface area contributed by atoms with Crippen LogP contribution in [0.2, 0.25) is 0 Å². The minimum absolute atomic E-state index is 0.0573. The number of aryl methyl sites for hydroxylation is 1. The predicted molar refractivity (Wildman–Crippen MR) is 187 cm³/mol. The Labute approximate surface area is 286 Å². The molecule has 1 saturated heterocycles. The van der Waals surface area contributed by atoms with Crippen LogP contribution in [0.3, 0.4) is 0 Å². The number of benzene rings is 2. The molecule has 0 aliphatic carbocycles. The number of carbonyl (C=O) groups excluding carboxylic acids is 3. The fourth-order valence-electron chi connectivity index (χ4n) is 6.73. The maximum atomic E-state index is 14.8. The summed E-state index contributed by atoms with van der Waals surface area (Å²) in [6.07, 6.45) is 6.73. The van der Waals surface area contributed by atoms with Crippen molar-refractivity contribution in [2.45, 2.75) is 78.0 Å². The SMILES string of the molecule is CCCC(CC(C)C)(C(=O)NN)C(=O)[C@H]([C@H](C/C=C/c1ccccc1)C(=O)NO)C1(C)CCN(C)CC1.Cc1ccc(S(=O)(=O)O)cc1. The van der Waals surface area contributed by atoms with E-state index in [4.69, 9.17) is 10.4 Å². The third-order valence-corrected chi connectivity index (χ3v) is 10.2. The lowest BCUT2D eigenvalue weighted by molar-refractivity contribution is -0.157. The highest BCUT2D eigenvalue weighted by atomic mass is 32.2. The minimum atomic E-state index is -4.02. The number of hydrogen-bond donors (Lipinski definition) is 5. The van der Waals surface area contributed by atoms with Gasteiger partial charge in [0.1, 0.15) is 5.41 Å². The standard InChI is InChI=1S/C29H46N4O4.C7H8O3S/c1-6-15-29(20-21(2)3,27(36)31-30)25(34)24(28(4)16-18-33(5)19-17-28)23(26(35)32-37)14-10-13-22-11-8-7-9-12-22;1-6-2-4-7(5-3-6)11(8,9)10/h7-13,21,23-24,37H,6,14-20,30H2,1-5H3,(H,31,36)(H,32,35);2-5H,1H3,(H,8,9,10)/b13-10+;/t23-,24-,29?;/m0./s1. The number of nitrogens with zero attached hydrogens (tertiary/aromatic N) is 1. The zero-order valence-electron chi connectivity index (χ0n) is 29.1. The molecule has 48 heavy (non-hydrogen) atoms. The van der Waals surface area contributed by atoms with E-state index in [0.29, 0.717) is 32.1 Å². The topological polar surface area (TPSA) is 179 Å². The fourth-order valence-corrected chi connectivity index (χ4v) is 7.21. The highest BCUT2D eigenvalue weighted by molar-refractivity contribution is 7.85. The van der Waals surface area contributed by atoms with Crippen molar-refractivity contribution < 1.29 is 32.6 Å². The molecule has 1 fully saturated rings. The summed E-state index contributed by atoms with van der Waals surface area (Å²) in [7, 11) is -1.98. The Hall–Kier alpha value is -3.42. The Morgan fingerprint density at radius 1 is 1.06 bits per heavy atom. The number of rotatable bonds is 14. The summed E-state index contributed by atoms with van der Waals surface area (Å²) in [6.45, 7) is 11.4. The first-order valence-electron chi connectivity index (χ1n) is 16.5. The Balaban J connectivity index is 0.000000613. The van der Waals surface area contributed by atoms with Gasteiger partial charge in [-0.05, 0) is 88.2 Å². The van der Waals surface area contributed by atoms with Crippen LogP contribution in [0.25, 0.3) is 6.08 Å². The van der Waals surface area contributed by atoms with Gasteiger partial charge in [0.15, 0.2) is 5.78 Å². The van der Waals surface area contributed by atoms with Crippen molar-refractivity contribution in [3.63, 3.8) is 0 Å². The third-order valence-electron chi connectivity index (χ3n) is 9.30. The van der Waals surface area contributed by atoms with Gasteiger partial charge in [-0.2, -0.15) is 8.42 Å². The molecule has 1 aliphatic heterocycles. The number of hydrazine groups is 1. The molecule has 1 aliphatic rings. The van der Waals surface area contributed by atoms with Crippen LogP contribution >= 0.6 is 0 Å². The number of Topliss-reactive ketones (excluding diaryl/α,β-unsaturated/α-hetero) is 1. The minimum Gasteiger partial charge on any atom is -0.306 e. The molecule has 6 N–H and O–H groups in total. The summed E-state index contributed by atoms with van der Waals surface area (Å²) in [5.74, 6) is 2.71. The summed E-state index contributed by atoms with van der Waals surface area (Å²) in [5.41, 5.74) is 4.13. The van der Waals surface area contributed by atoms with E-state index in [1.807, 2.05) is 89.6 Å². The highest BCUT2D eigenvalue weighted by Crippen LogP contribution is 2.49. The van der Waals surface area contributed by atoms with Gasteiger partial charge in [-0.3, -0.25) is 29.6 Å². The number of nitrogens with two attached hydrogens (primary N) is 1. The van der Waals surface area contributed by atoms with Gasteiger partial charge in [0.05, 0.1) is 10.8 Å². The van der Waals surface area contributed by atoms with E-state index in [9.17, 15) is 28.0 Å². The average molecular weight is 687 g/mol. The number of ketones is 1. The first-order valence-corrected chi connectivity index (χ1v) is 17.9. The number of amides is 2. The maximum Gasteiger partial charge on any atom is 0.294 e. The molecule has 0 radical (unpaired) electrons. The van der Waals surface area contributed by atoms with E-state index in [2.05, 4.69) is 10.3 Å². The first-order chi connectivity index (χ1) is 22.5. The van der Waals surface area contributed by atoms with Crippen molar-refractivity contribution in [3.05, 3.63) is 71.8 Å². The third kappa shape index (κ3) is 11.1. The number of nitrogens with one attached hydrogen (secondary N) is 2. The van der Waals surface area contributed by atoms with Crippen LogP contribution in [-0.4, -0.2) is 60.8 Å². The van der Waals surface area contributed by atoms with Crippen LogP contribution in [0.4, 0.5) is 0 Å². The van der Waals surface area contributed by atoms with Crippen molar-refractivity contribution in [1.82, 2.24) is 15.8 Å². The van der Waals surface area contributed by atoms with Crippen LogP contribution in [-0.2, 0) is 24.5 Å². The summed E-state index contributed by atoms with van der Waals surface area (Å²) in [5, 5.41) is 9.74. The molecule has 1 heterocycles. The Morgan fingerprint density at radius 3 is 2.12 bits per heavy atom. The molecule has 1 unspecified atom stereocenters. The van der Waals surface area contributed by atoms with E-state index < -0.39 is 44.6 Å². The Bertz CT molecular complexity index is 1470. The second-order valence-electron chi connectivity index (χ2n) is 13.6. The summed E-state index contributed by atoms with van der Waals surface area (Å²) >= 11 is 0. The van der Waals surface area contributed by atoms with Gasteiger partial charge in [0, 0.05) is 5.92 Å². The summed E-state index contributed by atoms with van der Waals surface area (Å²) in [6, 6.07) is 15.7. The monoisotopic (exact) mass is 686 g/mol. The number of likely N-dealkylation sites (tertiary alicyclic amines) is 1. The molecule has 3 atom stereocenters. The van der Waals surface area contributed by atoms with E-state index in [1.165, 1.54) is 12.1 Å².